The molecule has 0 aliphatic carbocycles. The third-order valence-electron chi connectivity index (χ3n) is 11.3. The van der Waals surface area contributed by atoms with Crippen molar-refractivity contribution in [1.29, 1.82) is 5.26 Å². The van der Waals surface area contributed by atoms with Gasteiger partial charge in [0.1, 0.15) is 28.8 Å². The average Bonchev–Trinajstić information content (AvgIpc) is 3.88. The van der Waals surface area contributed by atoms with E-state index >= 15 is 0 Å². The number of fused-ring (bicyclic) bond motifs is 3. The molecule has 78 heavy (non-hydrogen) atoms. The van der Waals surface area contributed by atoms with Gasteiger partial charge in [0.25, 0.3) is 30.4 Å². The summed E-state index contributed by atoms with van der Waals surface area (Å²) in [7, 11) is -12.8. The molecular weight excluding hydrogens is 1150 g/mol. The van der Waals surface area contributed by atoms with E-state index < -0.39 is 47.6 Å². The number of benzene rings is 5. The summed E-state index contributed by atoms with van der Waals surface area (Å²) >= 11 is 14.9. The molecule has 0 atom stereocenters. The summed E-state index contributed by atoms with van der Waals surface area (Å²) < 4.78 is 105. The van der Waals surface area contributed by atoms with Crippen molar-refractivity contribution in [3.8, 4) is 17.7 Å². The highest BCUT2D eigenvalue weighted by Crippen LogP contribution is 2.44. The van der Waals surface area contributed by atoms with Crippen LogP contribution in [0, 0.1) is 39.0 Å². The molecule has 5 aromatic carbocycles. The molecule has 0 radical (unpaired) electrons. The molecule has 7 rings (SSSR count). The second-order valence-electron chi connectivity index (χ2n) is 17.2. The smallest absolute Gasteiger partial charge is 0.264 e. The number of ether oxygens (including phenoxy) is 1. The number of halogens is 2. The maximum absolute atomic E-state index is 11.6. The predicted molar refractivity (Wildman–Crippen MR) is 301 cm³/mol. The Hall–Kier alpha value is -6.45. The molecule has 22 nitrogen and oxygen atoms in total. The fraction of sp³-hybridized carbons (Fsp3) is 0.265. The molecule has 408 valence electrons. The van der Waals surface area contributed by atoms with Gasteiger partial charge in [-0.25, -0.2) is 4.98 Å². The van der Waals surface area contributed by atoms with Crippen LogP contribution >= 0.6 is 46.7 Å². The second-order valence-corrected chi connectivity index (χ2v) is 25.1. The van der Waals surface area contributed by atoms with Crippen molar-refractivity contribution < 1.29 is 48.8 Å². The lowest BCUT2D eigenvalue weighted by molar-refractivity contribution is 0.317. The topological polar surface area (TPSA) is 333 Å². The number of thioether (sulfide) groups is 2. The van der Waals surface area contributed by atoms with Gasteiger partial charge < -0.3 is 9.84 Å². The maximum Gasteiger partial charge on any atom is 0.264 e. The zero-order valence-electron chi connectivity index (χ0n) is 41.7. The molecule has 0 fully saturated rings. The monoisotopic (exact) mass is 1200 g/mol. The van der Waals surface area contributed by atoms with Crippen molar-refractivity contribution >= 4 is 139 Å². The Balaban J connectivity index is 1.24. The van der Waals surface area contributed by atoms with E-state index in [0.717, 1.165) is 0 Å². The van der Waals surface area contributed by atoms with Crippen LogP contribution in [0.2, 0.25) is 10.0 Å². The molecule has 0 spiro atoms. The number of hydrogen-bond acceptors (Lipinski definition) is 20. The molecule has 0 amide bonds. The van der Waals surface area contributed by atoms with Gasteiger partial charge in [-0.1, -0.05) is 35.3 Å². The quantitative estimate of drug-likeness (QED) is 0.0200. The lowest BCUT2D eigenvalue weighted by Crippen LogP contribution is -2.08. The molecule has 2 heterocycles. The summed E-state index contributed by atoms with van der Waals surface area (Å²) in [5.41, 5.74) is 5.86. The van der Waals surface area contributed by atoms with E-state index in [0.29, 0.717) is 76.5 Å². The fourth-order valence-corrected chi connectivity index (χ4v) is 11.6. The highest BCUT2D eigenvalue weighted by atomic mass is 35.5. The summed E-state index contributed by atoms with van der Waals surface area (Å²) in [6.07, 6.45) is 0.0919. The molecule has 4 N–H and O–H groups in total. The number of para-hydroxylation sites is 2. The zero-order chi connectivity index (χ0) is 56.5. The van der Waals surface area contributed by atoms with Gasteiger partial charge in [0.05, 0.1) is 68.4 Å². The Labute approximate surface area is 467 Å². The molecule has 29 heteroatoms. The maximum atomic E-state index is 11.6. The number of aromatic nitrogens is 2. The number of imidazole rings is 1. The molecule has 0 saturated heterocycles. The van der Waals surface area contributed by atoms with Crippen molar-refractivity contribution in [2.45, 2.75) is 56.7 Å². The summed E-state index contributed by atoms with van der Waals surface area (Å²) in [5.74, 6) is -1.30. The largest absolute Gasteiger partial charge is 0.493 e. The van der Waals surface area contributed by atoms with Gasteiger partial charge in [0, 0.05) is 26.4 Å². The van der Waals surface area contributed by atoms with Crippen LogP contribution in [0.25, 0.3) is 16.7 Å². The summed E-state index contributed by atoms with van der Waals surface area (Å²) in [6, 6.07) is 23.8. The normalized spacial score (nSPS) is 12.6. The highest BCUT2D eigenvalue weighted by molar-refractivity contribution is 7.99. The van der Waals surface area contributed by atoms with Crippen LogP contribution in [0.4, 0.5) is 45.5 Å². The number of rotatable bonds is 23. The van der Waals surface area contributed by atoms with Crippen LogP contribution < -0.4 is 4.74 Å². The number of aryl methyl sites for hydroxylation is 3. The Morgan fingerprint density at radius 1 is 0.615 bits per heavy atom. The van der Waals surface area contributed by atoms with Crippen molar-refractivity contribution in [2.24, 2.45) is 40.9 Å². The standard InChI is InChI=1S/C49H47Cl2N11O11S5/c1-28-20-40(58-61-47-31(4)33(27-52)48-53-36-10-5-6-11-43(36)62(48)49(47)63)44(73-14-7-17-76(64,65)66)24-37(28)55-59-41-22-30(3)39(26-46(41)75-16-9-19-78(70,71)72)57-60-42-21-29(2)38(25-45(42)74-15-8-18-77(67,68)69)56-54-35-13-12-32(50)23-34(35)51/h5-6,10-13,20-26,63H,7-9,14-19H2,1-4H3,(H,64,65,66)(H,67,68,69)(H,70,71,72). The van der Waals surface area contributed by atoms with Gasteiger partial charge in [0.2, 0.25) is 5.88 Å². The van der Waals surface area contributed by atoms with E-state index in [-0.39, 0.29) is 82.3 Å². The first-order valence-corrected chi connectivity index (χ1v) is 30.8. The lowest BCUT2D eigenvalue weighted by Gasteiger charge is -2.12. The molecule has 0 aliphatic heterocycles. The first kappa shape index (κ1) is 59.2. The van der Waals surface area contributed by atoms with Crippen LogP contribution in [0.5, 0.6) is 11.6 Å². The van der Waals surface area contributed by atoms with Crippen molar-refractivity contribution in [3.63, 3.8) is 0 Å². The van der Waals surface area contributed by atoms with Gasteiger partial charge in [-0.15, -0.1) is 49.1 Å². The Bertz CT molecular complexity index is 3980. The molecule has 0 aliphatic rings. The van der Waals surface area contributed by atoms with E-state index in [9.17, 15) is 49.3 Å². The van der Waals surface area contributed by atoms with E-state index in [4.69, 9.17) is 27.9 Å². The molecule has 0 unspecified atom stereocenters. The van der Waals surface area contributed by atoms with Gasteiger partial charge in [0.15, 0.2) is 11.3 Å². The number of nitriles is 1. The Kier molecular flexibility index (Phi) is 19.4. The summed E-state index contributed by atoms with van der Waals surface area (Å²) in [5, 5.41) is 58.2. The number of azo groups is 4. The van der Waals surface area contributed by atoms with Gasteiger partial charge in [-0.2, -0.15) is 45.9 Å². The minimum atomic E-state index is -4.32. The second kappa shape index (κ2) is 25.6. The third kappa shape index (κ3) is 15.9. The number of hydrogen-bond donors (Lipinski definition) is 4. The van der Waals surface area contributed by atoms with Crippen LogP contribution in [-0.4, -0.2) is 88.8 Å². The third-order valence-corrected chi connectivity index (χ3v) is 16.5. The van der Waals surface area contributed by atoms with Gasteiger partial charge >= 0.3 is 0 Å². The summed E-state index contributed by atoms with van der Waals surface area (Å²) in [6.45, 7) is 6.67. The lowest BCUT2D eigenvalue weighted by atomic mass is 10.1. The minimum Gasteiger partial charge on any atom is -0.493 e. The van der Waals surface area contributed by atoms with E-state index in [1.165, 1.54) is 40.1 Å². The van der Waals surface area contributed by atoms with E-state index in [2.05, 4.69) is 52.0 Å². The van der Waals surface area contributed by atoms with Crippen LogP contribution in [0.1, 0.15) is 47.1 Å². The SMILES string of the molecule is Cc1cc(N=Nc2cc(SCCCS(=O)(=O)O)c(N=Nc3cc(OCCCS(=O)(=O)O)c(N=Nc4c(C)c(C#N)c5nc6ccccc6n5c4O)cc3C)cc2C)c(SCCCS(=O)(=O)O)cc1N=Nc1ccc(Cl)cc1Cl. The van der Waals surface area contributed by atoms with Crippen molar-refractivity contribution in [3.05, 3.63) is 117 Å². The van der Waals surface area contributed by atoms with Crippen LogP contribution in [0.15, 0.2) is 130 Å². The van der Waals surface area contributed by atoms with E-state index in [1.54, 1.807) is 94.4 Å². The predicted octanol–water partition coefficient (Wildman–Crippen LogP) is 14.7. The molecule has 0 bridgehead atoms. The van der Waals surface area contributed by atoms with Gasteiger partial charge in [-0.3, -0.25) is 18.1 Å². The zero-order valence-corrected chi connectivity index (χ0v) is 47.3. The Morgan fingerprint density at radius 2 is 1.10 bits per heavy atom. The number of aromatic hydroxyl groups is 1. The van der Waals surface area contributed by atoms with Crippen molar-refractivity contribution in [1.82, 2.24) is 9.38 Å². The molecule has 0 saturated carbocycles. The van der Waals surface area contributed by atoms with E-state index in [1.807, 2.05) is 0 Å². The number of nitrogens with zero attached hydrogens (tertiary/aromatic N) is 11. The highest BCUT2D eigenvalue weighted by Gasteiger charge is 2.22. The van der Waals surface area contributed by atoms with Crippen LogP contribution in [-0.2, 0) is 30.4 Å². The summed E-state index contributed by atoms with van der Waals surface area (Å²) in [4.78, 5) is 5.60. The average molecular weight is 1200 g/mol. The fourth-order valence-electron chi connectivity index (χ4n) is 7.37. The Morgan fingerprint density at radius 3 is 1.64 bits per heavy atom. The molecule has 2 aromatic heterocycles. The van der Waals surface area contributed by atoms with Crippen molar-refractivity contribution in [2.75, 3.05) is 35.4 Å². The first-order valence-electron chi connectivity index (χ1n) is 23.2. The van der Waals surface area contributed by atoms with Crippen LogP contribution in [0.3, 0.4) is 0 Å². The van der Waals surface area contributed by atoms with Gasteiger partial charge in [-0.05, 0) is 136 Å². The first-order chi connectivity index (χ1) is 36.9. The number of pyridine rings is 1. The molecule has 7 aromatic rings. The minimum absolute atomic E-state index is 0.0263. The molecular formula is C49H47Cl2N11O11S5.